The van der Waals surface area contributed by atoms with E-state index in [1.165, 1.54) is 7.11 Å². The number of carbonyl (C=O) groups excluding carboxylic acids is 1. The number of carbonyl (C=O) groups is 1. The van der Waals surface area contributed by atoms with Crippen molar-refractivity contribution >= 4 is 5.97 Å². The van der Waals surface area contributed by atoms with Gasteiger partial charge in [-0.1, -0.05) is 6.58 Å². The number of ether oxygens (including phenoxy) is 4. The summed E-state index contributed by atoms with van der Waals surface area (Å²) >= 11 is 0. The summed E-state index contributed by atoms with van der Waals surface area (Å²) in [7, 11) is 1.47. The smallest absolute Gasteiger partial charge is 0.330 e. The molecule has 0 saturated carbocycles. The number of nitrogens with one attached hydrogen (secondary N) is 1. The van der Waals surface area contributed by atoms with Crippen molar-refractivity contribution in [2.24, 2.45) is 0 Å². The molecule has 1 saturated heterocycles. The van der Waals surface area contributed by atoms with E-state index >= 15 is 0 Å². The van der Waals surface area contributed by atoms with E-state index in [9.17, 15) is 15.0 Å². The zero-order valence-corrected chi connectivity index (χ0v) is 14.7. The molecule has 1 aliphatic rings. The van der Waals surface area contributed by atoms with Crippen LogP contribution in [0.2, 0.25) is 0 Å². The van der Waals surface area contributed by atoms with Crippen molar-refractivity contribution in [1.82, 2.24) is 5.32 Å². The third-order valence-electron chi connectivity index (χ3n) is 3.93. The first kappa shape index (κ1) is 22.0. The summed E-state index contributed by atoms with van der Waals surface area (Å²) in [5.41, 5.74) is 0. The van der Waals surface area contributed by atoms with E-state index in [-0.39, 0.29) is 39.1 Å². The van der Waals surface area contributed by atoms with Crippen molar-refractivity contribution in [3.63, 3.8) is 0 Å². The van der Waals surface area contributed by atoms with Gasteiger partial charge in [-0.3, -0.25) is 0 Å². The normalized spacial score (nSPS) is 30.7. The van der Waals surface area contributed by atoms with Crippen LogP contribution in [0.5, 0.6) is 0 Å². The Hall–Kier alpha value is -1.07. The largest absolute Gasteiger partial charge is 0.460 e. The Bertz CT molecular complexity index is 408. The first-order valence-electron chi connectivity index (χ1n) is 8.20. The van der Waals surface area contributed by atoms with Crippen molar-refractivity contribution < 1.29 is 39.1 Å². The van der Waals surface area contributed by atoms with Crippen LogP contribution in [0.15, 0.2) is 12.7 Å². The minimum Gasteiger partial charge on any atom is -0.460 e. The summed E-state index contributed by atoms with van der Waals surface area (Å²) in [6, 6.07) is -0.483. The fourth-order valence-electron chi connectivity index (χ4n) is 2.68. The van der Waals surface area contributed by atoms with E-state index in [1.54, 1.807) is 6.92 Å². The molecular weight excluding hydrogens is 334 g/mol. The van der Waals surface area contributed by atoms with Gasteiger partial charge in [-0.25, -0.2) is 4.79 Å². The van der Waals surface area contributed by atoms with Crippen LogP contribution in [0.1, 0.15) is 6.92 Å². The molecule has 9 heteroatoms. The predicted octanol–water partition coefficient (Wildman–Crippen LogP) is -1.79. The van der Waals surface area contributed by atoms with Gasteiger partial charge >= 0.3 is 5.97 Å². The van der Waals surface area contributed by atoms with Gasteiger partial charge in [-0.2, -0.15) is 0 Å². The predicted molar refractivity (Wildman–Crippen MR) is 88.0 cm³/mol. The summed E-state index contributed by atoms with van der Waals surface area (Å²) in [5, 5.41) is 32.2. The van der Waals surface area contributed by atoms with E-state index in [0.717, 1.165) is 6.08 Å². The molecule has 1 aliphatic heterocycles. The third kappa shape index (κ3) is 6.98. The number of hydrogen-bond acceptors (Lipinski definition) is 9. The monoisotopic (exact) mass is 363 g/mol. The quantitative estimate of drug-likeness (QED) is 0.191. The molecule has 3 unspecified atom stereocenters. The molecule has 1 heterocycles. The molecule has 0 aromatic rings. The van der Waals surface area contributed by atoms with Crippen molar-refractivity contribution in [2.45, 2.75) is 43.5 Å². The maximum Gasteiger partial charge on any atom is 0.330 e. The lowest BCUT2D eigenvalue weighted by molar-refractivity contribution is -0.204. The second-order valence-corrected chi connectivity index (χ2v) is 5.79. The van der Waals surface area contributed by atoms with Gasteiger partial charge in [0.25, 0.3) is 0 Å². The summed E-state index contributed by atoms with van der Waals surface area (Å²) < 4.78 is 21.2. The standard InChI is InChI=1S/C16H29NO8/c1-4-13(20)24-8-11(19)7-17-14-10(2)25-12(9-23-6-5-18)16(22-3)15(14)21/h4,10-12,14-19,21H,1,5-9H2,2-3H3/t10-,11?,12?,14?,15-,16+/m0/s1. The highest BCUT2D eigenvalue weighted by Crippen LogP contribution is 2.23. The van der Waals surface area contributed by atoms with Crippen LogP contribution in [0.4, 0.5) is 0 Å². The summed E-state index contributed by atoms with van der Waals surface area (Å²) in [4.78, 5) is 11.0. The average Bonchev–Trinajstić information content (AvgIpc) is 2.59. The number of rotatable bonds is 11. The molecule has 0 amide bonds. The summed E-state index contributed by atoms with van der Waals surface area (Å²) in [5.74, 6) is -0.612. The Kier molecular flexibility index (Phi) is 10.1. The minimum absolute atomic E-state index is 0.0963. The van der Waals surface area contributed by atoms with Crippen molar-refractivity contribution in [1.29, 1.82) is 0 Å². The molecule has 0 radical (unpaired) electrons. The Morgan fingerprint density at radius 3 is 2.80 bits per heavy atom. The lowest BCUT2D eigenvalue weighted by Crippen LogP contribution is -2.63. The van der Waals surface area contributed by atoms with E-state index in [1.807, 2.05) is 0 Å². The molecule has 4 N–H and O–H groups in total. The maximum atomic E-state index is 11.0. The van der Waals surface area contributed by atoms with Crippen LogP contribution >= 0.6 is 0 Å². The van der Waals surface area contributed by atoms with Gasteiger partial charge in [-0.05, 0) is 6.92 Å². The van der Waals surface area contributed by atoms with Crippen molar-refractivity contribution in [3.8, 4) is 0 Å². The molecule has 0 aromatic carbocycles. The number of hydrogen-bond donors (Lipinski definition) is 4. The second-order valence-electron chi connectivity index (χ2n) is 5.79. The van der Waals surface area contributed by atoms with E-state index in [4.69, 9.17) is 24.1 Å². The average molecular weight is 363 g/mol. The number of esters is 1. The molecule has 0 aliphatic carbocycles. The van der Waals surface area contributed by atoms with Crippen molar-refractivity contribution in [2.75, 3.05) is 40.1 Å². The topological polar surface area (TPSA) is 127 Å². The zero-order chi connectivity index (χ0) is 18.8. The van der Waals surface area contributed by atoms with Crippen LogP contribution in [0.25, 0.3) is 0 Å². The summed E-state index contributed by atoms with van der Waals surface area (Å²) in [6.45, 7) is 5.25. The fourth-order valence-corrected chi connectivity index (χ4v) is 2.68. The Morgan fingerprint density at radius 2 is 2.20 bits per heavy atom. The van der Waals surface area contributed by atoms with Gasteiger partial charge in [0.1, 0.15) is 31.0 Å². The molecule has 0 bridgehead atoms. The molecule has 1 fully saturated rings. The van der Waals surface area contributed by atoms with Crippen LogP contribution in [0.3, 0.4) is 0 Å². The van der Waals surface area contributed by atoms with Crippen molar-refractivity contribution in [3.05, 3.63) is 12.7 Å². The fraction of sp³-hybridized carbons (Fsp3) is 0.812. The lowest BCUT2D eigenvalue weighted by atomic mass is 9.93. The zero-order valence-electron chi connectivity index (χ0n) is 14.7. The highest BCUT2D eigenvalue weighted by atomic mass is 16.6. The highest BCUT2D eigenvalue weighted by molar-refractivity contribution is 5.81. The first-order chi connectivity index (χ1) is 11.9. The maximum absolute atomic E-state index is 11.0. The molecule has 0 spiro atoms. The van der Waals surface area contributed by atoms with E-state index in [2.05, 4.69) is 11.9 Å². The molecule has 9 nitrogen and oxygen atoms in total. The Morgan fingerprint density at radius 1 is 1.48 bits per heavy atom. The molecular formula is C16H29NO8. The van der Waals surface area contributed by atoms with Crippen LogP contribution in [0, 0.1) is 0 Å². The van der Waals surface area contributed by atoms with Gasteiger partial charge < -0.3 is 39.6 Å². The highest BCUT2D eigenvalue weighted by Gasteiger charge is 2.43. The lowest BCUT2D eigenvalue weighted by Gasteiger charge is -2.43. The van der Waals surface area contributed by atoms with Crippen LogP contribution < -0.4 is 5.32 Å². The molecule has 146 valence electrons. The second kappa shape index (κ2) is 11.5. The third-order valence-corrected chi connectivity index (χ3v) is 3.93. The van der Waals surface area contributed by atoms with Gasteiger partial charge in [0, 0.05) is 19.7 Å². The number of aliphatic hydroxyl groups excluding tert-OH is 3. The first-order valence-corrected chi connectivity index (χ1v) is 8.20. The molecule has 1 rings (SSSR count). The Balaban J connectivity index is 2.51. The van der Waals surface area contributed by atoms with Crippen LogP contribution in [-0.4, -0.2) is 97.9 Å². The molecule has 6 atom stereocenters. The minimum atomic E-state index is -0.935. The van der Waals surface area contributed by atoms with Gasteiger partial charge in [0.05, 0.1) is 32.0 Å². The Labute approximate surface area is 147 Å². The number of aliphatic hydroxyl groups is 3. The number of methoxy groups -OCH3 is 1. The van der Waals surface area contributed by atoms with Gasteiger partial charge in [-0.15, -0.1) is 0 Å². The van der Waals surface area contributed by atoms with Gasteiger partial charge in [0.15, 0.2) is 0 Å². The van der Waals surface area contributed by atoms with E-state index in [0.29, 0.717) is 0 Å². The molecule has 0 aromatic heterocycles. The van der Waals surface area contributed by atoms with E-state index < -0.39 is 36.4 Å². The summed E-state index contributed by atoms with van der Waals surface area (Å²) in [6.07, 6.45) is -2.27. The molecule has 25 heavy (non-hydrogen) atoms. The van der Waals surface area contributed by atoms with Crippen LogP contribution in [-0.2, 0) is 23.7 Å². The SMILES string of the molecule is C=CC(=O)OCC(O)CNC1[C@H](C)OC(COCCO)[C@@H](OC)[C@H]1O. The van der Waals surface area contributed by atoms with Gasteiger partial charge in [0.2, 0.25) is 0 Å².